The van der Waals surface area contributed by atoms with Crippen LogP contribution in [0.15, 0.2) is 35.5 Å². The second kappa shape index (κ2) is 5.13. The third kappa shape index (κ3) is 2.12. The van der Waals surface area contributed by atoms with E-state index in [1.54, 1.807) is 6.07 Å². The summed E-state index contributed by atoms with van der Waals surface area (Å²) in [6.45, 7) is 0. The Bertz CT molecular complexity index is 694. The summed E-state index contributed by atoms with van der Waals surface area (Å²) in [4.78, 5) is 3.99. The number of aromatic nitrogens is 3. The number of alkyl halides is 1. The normalized spacial score (nSPS) is 22.2. The Kier molecular flexibility index (Phi) is 3.32. The molecule has 1 aliphatic rings. The molecule has 1 aromatic heterocycles. The van der Waals surface area contributed by atoms with Crippen molar-refractivity contribution in [2.24, 2.45) is 0 Å². The van der Waals surface area contributed by atoms with Crippen molar-refractivity contribution in [1.82, 2.24) is 14.8 Å². The van der Waals surface area contributed by atoms with Gasteiger partial charge in [-0.25, -0.2) is 18.3 Å². The third-order valence-corrected chi connectivity index (χ3v) is 4.20. The number of nitriles is 1. The maximum Gasteiger partial charge on any atom is 0.240 e. The Morgan fingerprint density at radius 1 is 1.45 bits per heavy atom. The van der Waals surface area contributed by atoms with Crippen LogP contribution in [-0.2, 0) is 10.8 Å². The molecule has 0 saturated heterocycles. The molecule has 0 radical (unpaired) electrons. The standard InChI is InChI=1S/C13H11FN4OS/c14-10-8-11(9-4-2-1-3-5-9)18-12(10)16-13(17-18)20(19)7-6-15/h1-5,10-11H,7-8H2/t10-,11-,20?/m0/s1. The predicted octanol–water partition coefficient (Wildman–Crippen LogP) is 1.91. The fraction of sp³-hybridized carbons (Fsp3) is 0.308. The van der Waals surface area contributed by atoms with Gasteiger partial charge in [0.2, 0.25) is 5.16 Å². The van der Waals surface area contributed by atoms with E-state index in [0.29, 0.717) is 0 Å². The molecule has 0 N–H and O–H groups in total. The highest BCUT2D eigenvalue weighted by Crippen LogP contribution is 2.39. The van der Waals surface area contributed by atoms with Crippen molar-refractivity contribution in [2.45, 2.75) is 23.8 Å². The van der Waals surface area contributed by atoms with Gasteiger partial charge in [-0.3, -0.25) is 0 Å². The van der Waals surface area contributed by atoms with Crippen LogP contribution in [0.3, 0.4) is 0 Å². The smallest absolute Gasteiger partial charge is 0.240 e. The van der Waals surface area contributed by atoms with Crippen LogP contribution in [-0.4, -0.2) is 24.7 Å². The van der Waals surface area contributed by atoms with Crippen LogP contribution in [0.1, 0.15) is 30.0 Å². The Morgan fingerprint density at radius 2 is 2.20 bits per heavy atom. The molecule has 2 aromatic rings. The highest BCUT2D eigenvalue weighted by atomic mass is 32.2. The van der Waals surface area contributed by atoms with Crippen molar-refractivity contribution in [3.05, 3.63) is 41.7 Å². The summed E-state index contributed by atoms with van der Waals surface area (Å²) in [6.07, 6.45) is -0.939. The number of hydrogen-bond acceptors (Lipinski definition) is 4. The average molecular weight is 290 g/mol. The molecular formula is C13H11FN4OS. The van der Waals surface area contributed by atoms with Crippen molar-refractivity contribution >= 4 is 10.8 Å². The topological polar surface area (TPSA) is 71.6 Å². The van der Waals surface area contributed by atoms with Gasteiger partial charge in [-0.1, -0.05) is 30.3 Å². The molecule has 0 aliphatic carbocycles. The lowest BCUT2D eigenvalue weighted by atomic mass is 10.0. The minimum Gasteiger partial charge on any atom is -0.250 e. The molecule has 7 heteroatoms. The highest BCUT2D eigenvalue weighted by Gasteiger charge is 2.36. The van der Waals surface area contributed by atoms with Gasteiger partial charge in [-0.15, -0.1) is 5.10 Å². The summed E-state index contributed by atoms with van der Waals surface area (Å²) in [5.74, 6) is 0.0105. The van der Waals surface area contributed by atoms with Gasteiger partial charge in [0.1, 0.15) is 16.6 Å². The minimum atomic E-state index is -1.60. The molecule has 102 valence electrons. The van der Waals surface area contributed by atoms with Gasteiger partial charge in [0.15, 0.2) is 12.0 Å². The van der Waals surface area contributed by atoms with E-state index < -0.39 is 17.0 Å². The van der Waals surface area contributed by atoms with E-state index in [0.717, 1.165) is 5.56 Å². The first-order chi connectivity index (χ1) is 9.70. The van der Waals surface area contributed by atoms with Gasteiger partial charge in [-0.05, 0) is 5.56 Å². The fourth-order valence-corrected chi connectivity index (χ4v) is 2.95. The number of fused-ring (bicyclic) bond motifs is 1. The van der Waals surface area contributed by atoms with Crippen molar-refractivity contribution in [3.63, 3.8) is 0 Å². The molecule has 0 amide bonds. The van der Waals surface area contributed by atoms with Gasteiger partial charge >= 0.3 is 0 Å². The lowest BCUT2D eigenvalue weighted by Gasteiger charge is -2.11. The number of rotatable bonds is 3. The molecule has 0 saturated carbocycles. The number of benzene rings is 1. The molecule has 3 rings (SSSR count). The van der Waals surface area contributed by atoms with E-state index in [2.05, 4.69) is 10.1 Å². The molecule has 5 nitrogen and oxygen atoms in total. The fourth-order valence-electron chi connectivity index (χ4n) is 2.33. The first-order valence-electron chi connectivity index (χ1n) is 6.11. The van der Waals surface area contributed by atoms with E-state index in [1.807, 2.05) is 30.3 Å². The van der Waals surface area contributed by atoms with Gasteiger partial charge in [0, 0.05) is 6.42 Å². The van der Waals surface area contributed by atoms with Crippen LogP contribution < -0.4 is 0 Å². The van der Waals surface area contributed by atoms with Crippen LogP contribution in [0.5, 0.6) is 0 Å². The van der Waals surface area contributed by atoms with Crippen LogP contribution in [0.4, 0.5) is 4.39 Å². The first-order valence-corrected chi connectivity index (χ1v) is 7.43. The van der Waals surface area contributed by atoms with E-state index in [4.69, 9.17) is 5.26 Å². The van der Waals surface area contributed by atoms with Crippen LogP contribution in [0.25, 0.3) is 0 Å². The number of hydrogen-bond donors (Lipinski definition) is 0. The van der Waals surface area contributed by atoms with Crippen molar-refractivity contribution < 1.29 is 8.60 Å². The van der Waals surface area contributed by atoms with Crippen LogP contribution in [0, 0.1) is 11.3 Å². The summed E-state index contributed by atoms with van der Waals surface area (Å²) in [5, 5.41) is 12.7. The van der Waals surface area contributed by atoms with Crippen molar-refractivity contribution in [1.29, 1.82) is 5.26 Å². The quantitative estimate of drug-likeness (QED) is 0.865. The summed E-state index contributed by atoms with van der Waals surface area (Å²) in [7, 11) is -1.60. The molecule has 0 bridgehead atoms. The Labute approximate surface area is 117 Å². The lowest BCUT2D eigenvalue weighted by Crippen LogP contribution is -2.08. The molecule has 1 unspecified atom stereocenters. The second-order valence-electron chi connectivity index (χ2n) is 4.47. The van der Waals surface area contributed by atoms with Crippen molar-refractivity contribution in [2.75, 3.05) is 5.75 Å². The molecule has 2 heterocycles. The van der Waals surface area contributed by atoms with Gasteiger partial charge < -0.3 is 0 Å². The summed E-state index contributed by atoms with van der Waals surface area (Å²) in [6, 6.07) is 11.0. The van der Waals surface area contributed by atoms with E-state index >= 15 is 0 Å². The second-order valence-corrected chi connectivity index (χ2v) is 5.82. The predicted molar refractivity (Wildman–Crippen MR) is 70.0 cm³/mol. The maximum atomic E-state index is 14.0. The van der Waals surface area contributed by atoms with Crippen LogP contribution in [0.2, 0.25) is 0 Å². The van der Waals surface area contributed by atoms with Gasteiger partial charge in [0.25, 0.3) is 0 Å². The zero-order valence-corrected chi connectivity index (χ0v) is 11.3. The molecule has 20 heavy (non-hydrogen) atoms. The molecule has 0 fully saturated rings. The van der Waals surface area contributed by atoms with E-state index in [9.17, 15) is 8.60 Å². The third-order valence-electron chi connectivity index (χ3n) is 3.23. The zero-order chi connectivity index (χ0) is 14.1. The Morgan fingerprint density at radius 3 is 2.90 bits per heavy atom. The molecule has 0 spiro atoms. The largest absolute Gasteiger partial charge is 0.250 e. The monoisotopic (exact) mass is 290 g/mol. The number of halogens is 1. The SMILES string of the molecule is N#CCS(=O)c1nc2n(n1)[C@H](c1ccccc1)C[C@@H]2F. The van der Waals surface area contributed by atoms with Crippen molar-refractivity contribution in [3.8, 4) is 6.07 Å². The summed E-state index contributed by atoms with van der Waals surface area (Å²) >= 11 is 0. The molecule has 1 aliphatic heterocycles. The van der Waals surface area contributed by atoms with Gasteiger partial charge in [-0.2, -0.15) is 5.26 Å². The highest BCUT2D eigenvalue weighted by molar-refractivity contribution is 7.85. The average Bonchev–Trinajstić information content (AvgIpc) is 3.01. The van der Waals surface area contributed by atoms with Gasteiger partial charge in [0.05, 0.1) is 12.1 Å². The minimum absolute atomic E-state index is 0.0323. The van der Waals surface area contributed by atoms with Crippen LogP contribution >= 0.6 is 0 Å². The van der Waals surface area contributed by atoms with E-state index in [1.165, 1.54) is 4.68 Å². The molecule has 3 atom stereocenters. The Hall–Kier alpha value is -2.07. The molecule has 1 aromatic carbocycles. The first kappa shape index (κ1) is 12.9. The summed E-state index contributed by atoms with van der Waals surface area (Å²) < 4.78 is 27.2. The zero-order valence-electron chi connectivity index (χ0n) is 10.4. The maximum absolute atomic E-state index is 14.0. The molecular weight excluding hydrogens is 279 g/mol. The lowest BCUT2D eigenvalue weighted by molar-refractivity contribution is 0.327. The Balaban J connectivity index is 1.98. The number of nitrogens with zero attached hydrogens (tertiary/aromatic N) is 4. The summed E-state index contributed by atoms with van der Waals surface area (Å²) in [5.41, 5.74) is 0.941. The van der Waals surface area contributed by atoms with E-state index in [-0.39, 0.29) is 29.2 Å².